The number of hydrogen-bond acceptors (Lipinski definition) is 8. The molecular formula is C33H43FN4O7S2. The number of nitrogens with zero attached hydrogens (tertiary/aromatic N) is 2. The summed E-state index contributed by atoms with van der Waals surface area (Å²) in [4.78, 5) is 28.6. The van der Waals surface area contributed by atoms with Gasteiger partial charge in [0.15, 0.2) is 0 Å². The average Bonchev–Trinajstić information content (AvgIpc) is 3.60. The number of hydrogen-bond donors (Lipinski definition) is 3. The van der Waals surface area contributed by atoms with Crippen LogP contribution < -0.4 is 15.4 Å². The molecule has 3 aromatic rings. The molecule has 4 rings (SSSR count). The van der Waals surface area contributed by atoms with Crippen molar-refractivity contribution in [1.29, 1.82) is 0 Å². The number of nitrogens with one attached hydrogen (secondary N) is 2. The molecule has 0 saturated heterocycles. The lowest BCUT2D eigenvalue weighted by Crippen LogP contribution is -2.48. The smallest absolute Gasteiger partial charge is 0.323 e. The fourth-order valence-electron chi connectivity index (χ4n) is 5.20. The monoisotopic (exact) mass is 690 g/mol. The van der Waals surface area contributed by atoms with Crippen molar-refractivity contribution in [2.75, 3.05) is 44.0 Å². The number of likely N-dealkylation sites (N-methyl/N-ethyl adjacent to an activating group) is 1. The number of sulfonamides is 1. The third-order valence-electron chi connectivity index (χ3n) is 8.01. The van der Waals surface area contributed by atoms with Crippen LogP contribution >= 0.6 is 11.3 Å². The number of urea groups is 1. The van der Waals surface area contributed by atoms with Crippen LogP contribution in [0.25, 0.3) is 0 Å². The topological polar surface area (TPSA) is 138 Å². The molecule has 1 aromatic heterocycles. The predicted molar refractivity (Wildman–Crippen MR) is 180 cm³/mol. The van der Waals surface area contributed by atoms with Crippen LogP contribution in [-0.4, -0.2) is 86.3 Å². The van der Waals surface area contributed by atoms with E-state index in [9.17, 15) is 27.5 Å². The van der Waals surface area contributed by atoms with Crippen molar-refractivity contribution in [3.8, 4) is 5.75 Å². The Morgan fingerprint density at radius 1 is 1.13 bits per heavy atom. The fourth-order valence-corrected chi connectivity index (χ4v) is 7.59. The Morgan fingerprint density at radius 3 is 2.51 bits per heavy atom. The van der Waals surface area contributed by atoms with E-state index in [1.165, 1.54) is 46.6 Å². The highest BCUT2D eigenvalue weighted by atomic mass is 32.2. The Morgan fingerprint density at radius 2 is 1.83 bits per heavy atom. The summed E-state index contributed by atoms with van der Waals surface area (Å²) in [7, 11) is -2.21. The molecule has 14 heteroatoms. The van der Waals surface area contributed by atoms with Crippen molar-refractivity contribution in [3.05, 3.63) is 71.4 Å². The molecule has 0 radical (unpaired) electrons. The standard InChI is InChI=1S/C33H43FN4O7S2/c1-22-19-38(23(2)21-39)32(40)28-18-27(36-33(41)35-26-12-10-25(34)11-13-26)14-15-29(28)45-24(3)8-5-6-16-44-30(22)20-37(4)47(42,43)31-9-7-17-46-31/h7,9-15,17-18,22-24,30,39H,5-6,8,16,19-21H2,1-4H3,(H2,35,36,41)/t22-,23+,24+,30+/m1/s1. The number of aliphatic hydroxyl groups is 1. The summed E-state index contributed by atoms with van der Waals surface area (Å²) in [6.45, 7) is 5.83. The van der Waals surface area contributed by atoms with E-state index >= 15 is 0 Å². The van der Waals surface area contributed by atoms with E-state index in [-0.39, 0.29) is 41.5 Å². The SMILES string of the molecule is C[C@@H]1CN([C@@H](C)CO)C(=O)c2cc(NC(=O)Nc3ccc(F)cc3)ccc2O[C@@H](C)CCCCO[C@H]1CN(C)S(=O)(=O)c1cccs1. The summed E-state index contributed by atoms with van der Waals surface area (Å²) < 4.78 is 53.8. The number of ether oxygens (including phenoxy) is 2. The Hall–Kier alpha value is -3.56. The van der Waals surface area contributed by atoms with Crippen LogP contribution in [0.15, 0.2) is 64.2 Å². The Labute approximate surface area is 279 Å². The maximum Gasteiger partial charge on any atom is 0.323 e. The van der Waals surface area contributed by atoms with Crippen molar-refractivity contribution >= 4 is 44.7 Å². The molecule has 256 valence electrons. The molecule has 1 aliphatic rings. The van der Waals surface area contributed by atoms with Gasteiger partial charge in [0, 0.05) is 44.0 Å². The number of benzene rings is 2. The number of fused-ring (bicyclic) bond motifs is 1. The van der Waals surface area contributed by atoms with E-state index in [0.717, 1.165) is 24.2 Å². The van der Waals surface area contributed by atoms with Gasteiger partial charge >= 0.3 is 6.03 Å². The van der Waals surface area contributed by atoms with Crippen LogP contribution in [0.5, 0.6) is 5.75 Å². The first-order chi connectivity index (χ1) is 22.4. The summed E-state index contributed by atoms with van der Waals surface area (Å²) in [5, 5.41) is 17.2. The zero-order valence-corrected chi connectivity index (χ0v) is 28.7. The van der Waals surface area contributed by atoms with Crippen LogP contribution in [0, 0.1) is 11.7 Å². The summed E-state index contributed by atoms with van der Waals surface area (Å²) in [5.74, 6) is -0.859. The van der Waals surface area contributed by atoms with Gasteiger partial charge in [-0.25, -0.2) is 17.6 Å². The number of anilines is 2. The third-order valence-corrected chi connectivity index (χ3v) is 11.2. The van der Waals surface area contributed by atoms with Crippen LogP contribution in [0.4, 0.5) is 20.6 Å². The first-order valence-corrected chi connectivity index (χ1v) is 17.9. The third kappa shape index (κ3) is 9.73. The van der Waals surface area contributed by atoms with Gasteiger partial charge in [-0.2, -0.15) is 4.31 Å². The van der Waals surface area contributed by atoms with Gasteiger partial charge in [0.2, 0.25) is 0 Å². The van der Waals surface area contributed by atoms with Gasteiger partial charge in [-0.15, -0.1) is 11.3 Å². The number of carbonyl (C=O) groups excluding carboxylic acids is 2. The number of aliphatic hydroxyl groups excluding tert-OH is 1. The van der Waals surface area contributed by atoms with Gasteiger partial charge in [0.05, 0.1) is 30.4 Å². The van der Waals surface area contributed by atoms with Crippen LogP contribution in [0.1, 0.15) is 50.4 Å². The largest absolute Gasteiger partial charge is 0.490 e. The van der Waals surface area contributed by atoms with E-state index in [1.54, 1.807) is 36.6 Å². The van der Waals surface area contributed by atoms with E-state index in [1.807, 2.05) is 13.8 Å². The van der Waals surface area contributed by atoms with Crippen molar-refractivity contribution in [2.24, 2.45) is 5.92 Å². The summed E-state index contributed by atoms with van der Waals surface area (Å²) >= 11 is 1.14. The van der Waals surface area contributed by atoms with Gasteiger partial charge in [-0.3, -0.25) is 4.79 Å². The molecule has 11 nitrogen and oxygen atoms in total. The minimum absolute atomic E-state index is 0.0737. The number of halogens is 1. The molecule has 0 fully saturated rings. The molecular weight excluding hydrogens is 648 g/mol. The molecule has 4 atom stereocenters. The molecule has 2 heterocycles. The second-order valence-electron chi connectivity index (χ2n) is 11.8. The first kappa shape index (κ1) is 36.3. The van der Waals surface area contributed by atoms with Crippen LogP contribution in [0.3, 0.4) is 0 Å². The summed E-state index contributed by atoms with van der Waals surface area (Å²) in [6.07, 6.45) is 1.40. The normalized spacial score (nSPS) is 20.5. The van der Waals surface area contributed by atoms with E-state index in [4.69, 9.17) is 9.47 Å². The van der Waals surface area contributed by atoms with Crippen molar-refractivity contribution < 1.29 is 37.0 Å². The lowest BCUT2D eigenvalue weighted by molar-refractivity contribution is -0.00832. The minimum Gasteiger partial charge on any atom is -0.490 e. The second kappa shape index (κ2) is 16.5. The van der Waals surface area contributed by atoms with Gasteiger partial charge in [-0.05, 0) is 87.0 Å². The van der Waals surface area contributed by atoms with Gasteiger partial charge in [0.1, 0.15) is 15.8 Å². The van der Waals surface area contributed by atoms with Crippen molar-refractivity contribution in [1.82, 2.24) is 9.21 Å². The fraction of sp³-hybridized carbons (Fsp3) is 0.455. The summed E-state index contributed by atoms with van der Waals surface area (Å²) in [5.41, 5.74) is 0.897. The lowest BCUT2D eigenvalue weighted by atomic mass is 10.0. The first-order valence-electron chi connectivity index (χ1n) is 15.6. The van der Waals surface area contributed by atoms with Gasteiger partial charge < -0.3 is 30.1 Å². The van der Waals surface area contributed by atoms with E-state index in [0.29, 0.717) is 30.2 Å². The second-order valence-corrected chi connectivity index (χ2v) is 15.0. The highest BCUT2D eigenvalue weighted by Gasteiger charge is 2.32. The van der Waals surface area contributed by atoms with E-state index < -0.39 is 39.9 Å². The number of rotatable bonds is 8. The lowest BCUT2D eigenvalue weighted by Gasteiger charge is -2.35. The maximum absolute atomic E-state index is 14.3. The zero-order chi connectivity index (χ0) is 34.1. The number of carbonyl (C=O) groups is 2. The van der Waals surface area contributed by atoms with Crippen LogP contribution in [0.2, 0.25) is 0 Å². The quantitative estimate of drug-likeness (QED) is 0.278. The van der Waals surface area contributed by atoms with E-state index in [2.05, 4.69) is 10.6 Å². The Bertz CT molecular complexity index is 1590. The molecule has 0 bridgehead atoms. The maximum atomic E-state index is 14.3. The predicted octanol–water partition coefficient (Wildman–Crippen LogP) is 5.65. The number of amides is 3. The highest BCUT2D eigenvalue weighted by molar-refractivity contribution is 7.91. The molecule has 0 spiro atoms. The molecule has 3 amide bonds. The molecule has 0 unspecified atom stereocenters. The summed E-state index contributed by atoms with van der Waals surface area (Å²) in [6, 6.07) is 12.2. The molecule has 3 N–H and O–H groups in total. The molecule has 1 aliphatic heterocycles. The Balaban J connectivity index is 1.62. The molecule has 2 aromatic carbocycles. The van der Waals surface area contributed by atoms with Crippen LogP contribution in [-0.2, 0) is 14.8 Å². The van der Waals surface area contributed by atoms with Gasteiger partial charge in [-0.1, -0.05) is 13.0 Å². The van der Waals surface area contributed by atoms with Crippen molar-refractivity contribution in [3.63, 3.8) is 0 Å². The Kier molecular flexibility index (Phi) is 12.7. The van der Waals surface area contributed by atoms with Crippen molar-refractivity contribution in [2.45, 2.75) is 62.5 Å². The molecule has 0 aliphatic carbocycles. The number of thiophene rings is 1. The minimum atomic E-state index is -3.73. The molecule has 47 heavy (non-hydrogen) atoms. The zero-order valence-electron chi connectivity index (χ0n) is 27.0. The highest BCUT2D eigenvalue weighted by Crippen LogP contribution is 2.29. The average molecular weight is 691 g/mol. The van der Waals surface area contributed by atoms with Gasteiger partial charge in [0.25, 0.3) is 15.9 Å². The molecule has 0 saturated carbocycles.